The molecule has 0 saturated carbocycles. The summed E-state index contributed by atoms with van der Waals surface area (Å²) < 4.78 is 1.79. The highest BCUT2D eigenvalue weighted by molar-refractivity contribution is 6.44. The number of hydrogen-bond donors (Lipinski definition) is 0. The number of nitrogens with zero attached hydrogens (tertiary/aromatic N) is 3. The summed E-state index contributed by atoms with van der Waals surface area (Å²) in [4.78, 5) is 42.1. The zero-order valence-electron chi connectivity index (χ0n) is 18.0. The van der Waals surface area contributed by atoms with Gasteiger partial charge in [0.05, 0.1) is 5.56 Å². The summed E-state index contributed by atoms with van der Waals surface area (Å²) in [5.74, 6) is -1.03. The van der Waals surface area contributed by atoms with E-state index in [1.165, 1.54) is 16.0 Å². The first-order valence-corrected chi connectivity index (χ1v) is 10.8. The third kappa shape index (κ3) is 3.98. The summed E-state index contributed by atoms with van der Waals surface area (Å²) in [6.07, 6.45) is 2.50. The molecule has 6 heteroatoms. The van der Waals surface area contributed by atoms with Gasteiger partial charge in [-0.1, -0.05) is 42.5 Å². The lowest BCUT2D eigenvalue weighted by Crippen LogP contribution is -2.38. The molecule has 3 aromatic rings. The number of Topliss-reactive ketones (excluding diaryl/α,β-unsaturated/α-hetero) is 1. The predicted octanol–water partition coefficient (Wildman–Crippen LogP) is 3.28. The van der Waals surface area contributed by atoms with E-state index in [2.05, 4.69) is 12.1 Å². The van der Waals surface area contributed by atoms with Gasteiger partial charge < -0.3 is 14.4 Å². The molecule has 2 heterocycles. The van der Waals surface area contributed by atoms with Crippen molar-refractivity contribution in [1.29, 1.82) is 0 Å². The number of aromatic nitrogens is 1. The Morgan fingerprint density at radius 1 is 0.935 bits per heavy atom. The molecule has 0 radical (unpaired) electrons. The van der Waals surface area contributed by atoms with Gasteiger partial charge in [0.1, 0.15) is 6.54 Å². The molecule has 4 rings (SSSR count). The average molecular weight is 418 g/mol. The van der Waals surface area contributed by atoms with Crippen molar-refractivity contribution in [3.63, 3.8) is 0 Å². The van der Waals surface area contributed by atoms with Gasteiger partial charge in [-0.05, 0) is 37.5 Å². The smallest absolute Gasteiger partial charge is 0.295 e. The summed E-state index contributed by atoms with van der Waals surface area (Å²) >= 11 is 0. The Bertz CT molecular complexity index is 1140. The SMILES string of the molecule is CCN(CC)C(=O)C(=O)c1cn(CC(=O)N2CCc3ccccc3C2)c2ccccc12. The van der Waals surface area contributed by atoms with Gasteiger partial charge in [0.25, 0.3) is 11.7 Å². The van der Waals surface area contributed by atoms with E-state index in [-0.39, 0.29) is 12.5 Å². The van der Waals surface area contributed by atoms with Crippen LogP contribution in [0.4, 0.5) is 0 Å². The Kier molecular flexibility index (Phi) is 5.89. The lowest BCUT2D eigenvalue weighted by atomic mass is 10.00. The van der Waals surface area contributed by atoms with E-state index in [4.69, 9.17) is 0 Å². The molecule has 0 saturated heterocycles. The molecular weight excluding hydrogens is 390 g/mol. The molecule has 1 aliphatic heterocycles. The summed E-state index contributed by atoms with van der Waals surface area (Å²) in [6.45, 7) is 6.08. The molecule has 31 heavy (non-hydrogen) atoms. The number of carbonyl (C=O) groups is 3. The monoisotopic (exact) mass is 417 g/mol. The van der Waals surface area contributed by atoms with E-state index < -0.39 is 11.7 Å². The summed E-state index contributed by atoms with van der Waals surface area (Å²) in [5, 5.41) is 0.699. The van der Waals surface area contributed by atoms with E-state index in [1.54, 1.807) is 10.8 Å². The summed E-state index contributed by atoms with van der Waals surface area (Å²) in [5.41, 5.74) is 3.61. The molecule has 0 unspecified atom stereocenters. The highest BCUT2D eigenvalue weighted by Crippen LogP contribution is 2.24. The first-order chi connectivity index (χ1) is 15.0. The number of benzene rings is 2. The van der Waals surface area contributed by atoms with Crippen molar-refractivity contribution in [2.45, 2.75) is 33.4 Å². The quantitative estimate of drug-likeness (QED) is 0.457. The minimum atomic E-state index is -0.530. The minimum absolute atomic E-state index is 0.00400. The molecule has 1 aromatic heterocycles. The van der Waals surface area contributed by atoms with Crippen molar-refractivity contribution in [3.05, 3.63) is 71.4 Å². The molecule has 0 aliphatic carbocycles. The van der Waals surface area contributed by atoms with Crippen LogP contribution in [0.3, 0.4) is 0 Å². The Labute approximate surface area is 182 Å². The average Bonchev–Trinajstić information content (AvgIpc) is 3.17. The third-order valence-corrected chi connectivity index (χ3v) is 6.07. The molecule has 0 N–H and O–H groups in total. The molecule has 0 bridgehead atoms. The van der Waals surface area contributed by atoms with Crippen molar-refractivity contribution < 1.29 is 14.4 Å². The van der Waals surface area contributed by atoms with E-state index in [0.717, 1.165) is 11.9 Å². The van der Waals surface area contributed by atoms with Crippen LogP contribution in [0.5, 0.6) is 0 Å². The molecule has 2 aromatic carbocycles. The maximum Gasteiger partial charge on any atom is 0.295 e. The molecule has 0 atom stereocenters. The van der Waals surface area contributed by atoms with Crippen LogP contribution < -0.4 is 0 Å². The molecule has 1 aliphatic rings. The number of amides is 2. The van der Waals surface area contributed by atoms with Crippen LogP contribution in [-0.2, 0) is 29.1 Å². The molecule has 2 amide bonds. The fourth-order valence-corrected chi connectivity index (χ4v) is 4.28. The highest BCUT2D eigenvalue weighted by Gasteiger charge is 2.26. The first-order valence-electron chi connectivity index (χ1n) is 10.8. The number of para-hydroxylation sites is 1. The van der Waals surface area contributed by atoms with Crippen molar-refractivity contribution in [1.82, 2.24) is 14.4 Å². The second-order valence-corrected chi connectivity index (χ2v) is 7.83. The predicted molar refractivity (Wildman–Crippen MR) is 120 cm³/mol. The minimum Gasteiger partial charge on any atom is -0.337 e. The van der Waals surface area contributed by atoms with Crippen molar-refractivity contribution >= 4 is 28.5 Å². The summed E-state index contributed by atoms with van der Waals surface area (Å²) in [6, 6.07) is 15.6. The van der Waals surface area contributed by atoms with Gasteiger partial charge in [-0.15, -0.1) is 0 Å². The number of rotatable bonds is 6. The standard InChI is InChI=1S/C25H27N3O3/c1-3-26(4-2)25(31)24(30)21-16-28(22-12-8-7-11-20(21)22)17-23(29)27-14-13-18-9-5-6-10-19(18)15-27/h5-12,16H,3-4,13-15,17H2,1-2H3. The van der Waals surface area contributed by atoms with Gasteiger partial charge in [0.15, 0.2) is 0 Å². The van der Waals surface area contributed by atoms with Gasteiger partial charge in [-0.2, -0.15) is 0 Å². The third-order valence-electron chi connectivity index (χ3n) is 6.07. The number of carbonyl (C=O) groups excluding carboxylic acids is 3. The van der Waals surface area contributed by atoms with Crippen LogP contribution in [0.15, 0.2) is 54.7 Å². The normalized spacial score (nSPS) is 13.2. The highest BCUT2D eigenvalue weighted by atomic mass is 16.2. The zero-order chi connectivity index (χ0) is 22.0. The van der Waals surface area contributed by atoms with Gasteiger partial charge >= 0.3 is 0 Å². The second-order valence-electron chi connectivity index (χ2n) is 7.83. The van der Waals surface area contributed by atoms with E-state index in [9.17, 15) is 14.4 Å². The van der Waals surface area contributed by atoms with Gasteiger partial charge in [0, 0.05) is 43.3 Å². The van der Waals surface area contributed by atoms with Crippen molar-refractivity contribution in [2.75, 3.05) is 19.6 Å². The Morgan fingerprint density at radius 2 is 1.61 bits per heavy atom. The van der Waals surface area contributed by atoms with Crippen LogP contribution in [0.25, 0.3) is 10.9 Å². The Morgan fingerprint density at radius 3 is 2.35 bits per heavy atom. The fraction of sp³-hybridized carbons (Fsp3) is 0.320. The molecule has 6 nitrogen and oxygen atoms in total. The number of likely N-dealkylation sites (N-methyl/N-ethyl adjacent to an activating group) is 1. The lowest BCUT2D eigenvalue weighted by Gasteiger charge is -2.29. The number of ketones is 1. The summed E-state index contributed by atoms with van der Waals surface area (Å²) in [7, 11) is 0. The maximum atomic E-state index is 13.1. The van der Waals surface area contributed by atoms with Gasteiger partial charge in [0.2, 0.25) is 5.91 Å². The Hall–Kier alpha value is -3.41. The zero-order valence-corrected chi connectivity index (χ0v) is 18.0. The van der Waals surface area contributed by atoms with E-state index in [1.807, 2.05) is 55.1 Å². The van der Waals surface area contributed by atoms with Gasteiger partial charge in [-0.3, -0.25) is 14.4 Å². The Balaban J connectivity index is 1.60. The molecular formula is C25H27N3O3. The number of hydrogen-bond acceptors (Lipinski definition) is 3. The first kappa shape index (κ1) is 20.8. The molecule has 0 fully saturated rings. The topological polar surface area (TPSA) is 62.6 Å². The van der Waals surface area contributed by atoms with Crippen LogP contribution >= 0.6 is 0 Å². The largest absolute Gasteiger partial charge is 0.337 e. The molecule has 0 spiro atoms. The van der Waals surface area contributed by atoms with Crippen molar-refractivity contribution in [3.8, 4) is 0 Å². The van der Waals surface area contributed by atoms with Crippen molar-refractivity contribution in [2.24, 2.45) is 0 Å². The van der Waals surface area contributed by atoms with Crippen LogP contribution in [0.2, 0.25) is 0 Å². The van der Waals surface area contributed by atoms with Crippen LogP contribution in [0.1, 0.15) is 35.3 Å². The maximum absolute atomic E-state index is 13.1. The lowest BCUT2D eigenvalue weighted by molar-refractivity contribution is -0.132. The second kappa shape index (κ2) is 8.76. The number of fused-ring (bicyclic) bond motifs is 2. The van der Waals surface area contributed by atoms with Gasteiger partial charge in [-0.25, -0.2) is 0 Å². The van der Waals surface area contributed by atoms with E-state index in [0.29, 0.717) is 37.1 Å². The molecule has 160 valence electrons. The fourth-order valence-electron chi connectivity index (χ4n) is 4.28. The van der Waals surface area contributed by atoms with Crippen LogP contribution in [0, 0.1) is 0 Å². The van der Waals surface area contributed by atoms with E-state index >= 15 is 0 Å². The van der Waals surface area contributed by atoms with Crippen LogP contribution in [-0.4, -0.2) is 51.6 Å².